The number of hydrogen-bond donors (Lipinski definition) is 2. The van der Waals surface area contributed by atoms with E-state index in [4.69, 9.17) is 5.73 Å². The summed E-state index contributed by atoms with van der Waals surface area (Å²) in [6.07, 6.45) is 2.66. The highest BCUT2D eigenvalue weighted by Crippen LogP contribution is 2.28. The van der Waals surface area contributed by atoms with E-state index in [9.17, 15) is 13.5 Å². The first-order chi connectivity index (χ1) is 9.48. The van der Waals surface area contributed by atoms with Crippen LogP contribution in [0.2, 0.25) is 0 Å². The molecule has 20 heavy (non-hydrogen) atoms. The van der Waals surface area contributed by atoms with Crippen LogP contribution in [0.15, 0.2) is 29.2 Å². The largest absolute Gasteiger partial charge is 0.391 e. The Morgan fingerprint density at radius 3 is 2.60 bits per heavy atom. The number of likely N-dealkylation sites (N-methyl/N-ethyl adjacent to an activating group) is 1. The van der Waals surface area contributed by atoms with E-state index < -0.39 is 16.1 Å². The number of benzene rings is 1. The highest BCUT2D eigenvalue weighted by atomic mass is 32.2. The van der Waals surface area contributed by atoms with Crippen LogP contribution in [-0.2, 0) is 16.6 Å². The molecular formula is C14H22N2O3S. The summed E-state index contributed by atoms with van der Waals surface area (Å²) in [5, 5.41) is 10.0. The predicted molar refractivity (Wildman–Crippen MR) is 77.5 cm³/mol. The van der Waals surface area contributed by atoms with Gasteiger partial charge in [0, 0.05) is 13.6 Å². The average Bonchev–Trinajstić information content (AvgIpc) is 2.47. The van der Waals surface area contributed by atoms with Gasteiger partial charge in [-0.3, -0.25) is 0 Å². The van der Waals surface area contributed by atoms with Crippen molar-refractivity contribution in [3.8, 4) is 0 Å². The van der Waals surface area contributed by atoms with Gasteiger partial charge >= 0.3 is 0 Å². The molecule has 0 aliphatic heterocycles. The van der Waals surface area contributed by atoms with Gasteiger partial charge in [-0.25, -0.2) is 8.42 Å². The minimum Gasteiger partial charge on any atom is -0.391 e. The monoisotopic (exact) mass is 298 g/mol. The summed E-state index contributed by atoms with van der Waals surface area (Å²) in [7, 11) is -2.08. The Morgan fingerprint density at radius 1 is 1.30 bits per heavy atom. The Bertz CT molecular complexity index is 559. The van der Waals surface area contributed by atoms with Crippen molar-refractivity contribution in [2.45, 2.75) is 49.3 Å². The van der Waals surface area contributed by atoms with Crippen LogP contribution in [0.3, 0.4) is 0 Å². The molecule has 0 bridgehead atoms. The summed E-state index contributed by atoms with van der Waals surface area (Å²) in [5.41, 5.74) is 6.22. The molecule has 1 fully saturated rings. The second-order valence-corrected chi connectivity index (χ2v) is 7.22. The maximum absolute atomic E-state index is 12.7. The summed E-state index contributed by atoms with van der Waals surface area (Å²) in [5.74, 6) is 0. The second kappa shape index (κ2) is 6.22. The van der Waals surface area contributed by atoms with Crippen molar-refractivity contribution < 1.29 is 13.5 Å². The van der Waals surface area contributed by atoms with Crippen molar-refractivity contribution in [2.75, 3.05) is 7.05 Å². The van der Waals surface area contributed by atoms with Crippen LogP contribution in [0, 0.1) is 0 Å². The number of nitrogens with zero attached hydrogens (tertiary/aromatic N) is 1. The van der Waals surface area contributed by atoms with E-state index in [1.807, 2.05) is 0 Å². The Kier molecular flexibility index (Phi) is 4.80. The van der Waals surface area contributed by atoms with Gasteiger partial charge < -0.3 is 10.8 Å². The molecule has 6 heteroatoms. The highest BCUT2D eigenvalue weighted by molar-refractivity contribution is 7.89. The van der Waals surface area contributed by atoms with Gasteiger partial charge in [0.25, 0.3) is 0 Å². The van der Waals surface area contributed by atoms with E-state index in [2.05, 4.69) is 0 Å². The lowest BCUT2D eigenvalue weighted by atomic mass is 9.93. The van der Waals surface area contributed by atoms with Gasteiger partial charge in [-0.1, -0.05) is 31.0 Å². The highest BCUT2D eigenvalue weighted by Gasteiger charge is 2.34. The molecule has 0 radical (unpaired) electrons. The van der Waals surface area contributed by atoms with Crippen LogP contribution < -0.4 is 5.73 Å². The zero-order chi connectivity index (χ0) is 14.8. The first-order valence-corrected chi connectivity index (χ1v) is 8.36. The minimum absolute atomic E-state index is 0.177. The number of aliphatic hydroxyl groups excluding tert-OH is 1. The van der Waals surface area contributed by atoms with Crippen LogP contribution in [-0.4, -0.2) is 37.0 Å². The molecule has 0 amide bonds. The molecule has 1 aromatic carbocycles. The summed E-state index contributed by atoms with van der Waals surface area (Å²) in [6.45, 7) is 0.177. The van der Waals surface area contributed by atoms with Crippen molar-refractivity contribution in [1.82, 2.24) is 4.31 Å². The zero-order valence-electron chi connectivity index (χ0n) is 11.7. The van der Waals surface area contributed by atoms with Gasteiger partial charge in [0.05, 0.1) is 17.0 Å². The minimum atomic E-state index is -3.62. The molecule has 1 saturated carbocycles. The smallest absolute Gasteiger partial charge is 0.243 e. The van der Waals surface area contributed by atoms with E-state index in [-0.39, 0.29) is 17.5 Å². The lowest BCUT2D eigenvalue weighted by molar-refractivity contribution is 0.0638. The molecule has 0 saturated heterocycles. The van der Waals surface area contributed by atoms with Crippen LogP contribution >= 0.6 is 0 Å². The number of nitrogens with two attached hydrogens (primary N) is 1. The third-order valence-electron chi connectivity index (χ3n) is 4.01. The Labute approximate surface area is 120 Å². The van der Waals surface area contributed by atoms with Gasteiger partial charge in [0.1, 0.15) is 0 Å². The Balaban J connectivity index is 2.34. The van der Waals surface area contributed by atoms with Crippen LogP contribution in [0.4, 0.5) is 0 Å². The van der Waals surface area contributed by atoms with E-state index in [1.54, 1.807) is 31.3 Å². The molecular weight excluding hydrogens is 276 g/mol. The Morgan fingerprint density at radius 2 is 1.95 bits per heavy atom. The molecule has 1 aliphatic carbocycles. The van der Waals surface area contributed by atoms with Crippen LogP contribution in [0.1, 0.15) is 31.2 Å². The second-order valence-electron chi connectivity index (χ2n) is 5.25. The van der Waals surface area contributed by atoms with Gasteiger partial charge in [-0.05, 0) is 24.5 Å². The normalized spacial score (nSPS) is 24.0. The first kappa shape index (κ1) is 15.4. The predicted octanol–water partition coefficient (Wildman–Crippen LogP) is 1.07. The molecule has 112 valence electrons. The lowest BCUT2D eigenvalue weighted by Crippen LogP contribution is -2.46. The number of aliphatic hydroxyl groups is 1. The summed E-state index contributed by atoms with van der Waals surface area (Å²) in [6, 6.07) is 6.41. The zero-order valence-corrected chi connectivity index (χ0v) is 12.5. The molecule has 0 heterocycles. The van der Waals surface area contributed by atoms with E-state index in [0.29, 0.717) is 18.4 Å². The van der Waals surface area contributed by atoms with Crippen molar-refractivity contribution in [3.63, 3.8) is 0 Å². The Hall–Kier alpha value is -0.950. The fourth-order valence-electron chi connectivity index (χ4n) is 2.77. The van der Waals surface area contributed by atoms with E-state index in [1.165, 1.54) is 4.31 Å². The molecule has 2 rings (SSSR count). The van der Waals surface area contributed by atoms with Crippen LogP contribution in [0.25, 0.3) is 0 Å². The van der Waals surface area contributed by atoms with Crippen molar-refractivity contribution in [1.29, 1.82) is 0 Å². The van der Waals surface area contributed by atoms with Gasteiger partial charge in [0.15, 0.2) is 0 Å². The summed E-state index contributed by atoms with van der Waals surface area (Å²) in [4.78, 5) is 0.239. The summed E-state index contributed by atoms with van der Waals surface area (Å²) < 4.78 is 26.7. The third-order valence-corrected chi connectivity index (χ3v) is 5.99. The van der Waals surface area contributed by atoms with Crippen molar-refractivity contribution >= 4 is 10.0 Å². The number of sulfonamides is 1. The number of hydrogen-bond acceptors (Lipinski definition) is 4. The molecule has 5 nitrogen and oxygen atoms in total. The maximum Gasteiger partial charge on any atom is 0.243 e. The standard InChI is InChI=1S/C14H22N2O3S/c1-16(12-7-3-4-8-13(12)17)20(18,19)14-9-5-2-6-11(14)10-15/h2,5-6,9,12-13,17H,3-4,7-8,10,15H2,1H3. The quantitative estimate of drug-likeness (QED) is 0.871. The molecule has 0 spiro atoms. The summed E-state index contributed by atoms with van der Waals surface area (Å²) >= 11 is 0. The fraction of sp³-hybridized carbons (Fsp3) is 0.571. The molecule has 2 unspecified atom stereocenters. The molecule has 3 N–H and O–H groups in total. The topological polar surface area (TPSA) is 83.6 Å². The SMILES string of the molecule is CN(C1CCCCC1O)S(=O)(=O)c1ccccc1CN. The van der Waals surface area contributed by atoms with Gasteiger partial charge in [-0.2, -0.15) is 4.31 Å². The molecule has 2 atom stereocenters. The van der Waals surface area contributed by atoms with Gasteiger partial charge in [0.2, 0.25) is 10.0 Å². The third kappa shape index (κ3) is 2.88. The van der Waals surface area contributed by atoms with Crippen LogP contribution in [0.5, 0.6) is 0 Å². The number of rotatable bonds is 4. The molecule has 1 aliphatic rings. The molecule has 1 aromatic rings. The van der Waals surface area contributed by atoms with E-state index >= 15 is 0 Å². The van der Waals surface area contributed by atoms with E-state index in [0.717, 1.165) is 12.8 Å². The maximum atomic E-state index is 12.7. The average molecular weight is 298 g/mol. The fourth-order valence-corrected chi connectivity index (χ4v) is 4.42. The first-order valence-electron chi connectivity index (χ1n) is 6.92. The lowest BCUT2D eigenvalue weighted by Gasteiger charge is -2.34. The molecule has 0 aromatic heterocycles. The van der Waals surface area contributed by atoms with Crippen molar-refractivity contribution in [3.05, 3.63) is 29.8 Å². The van der Waals surface area contributed by atoms with Crippen molar-refractivity contribution in [2.24, 2.45) is 5.73 Å². The van der Waals surface area contributed by atoms with Gasteiger partial charge in [-0.15, -0.1) is 0 Å².